The molecule has 0 saturated carbocycles. The van der Waals surface area contributed by atoms with Crippen LogP contribution >= 0.6 is 0 Å². The van der Waals surface area contributed by atoms with Crippen LogP contribution in [0.2, 0.25) is 0 Å². The Hall–Kier alpha value is -2.90. The van der Waals surface area contributed by atoms with Crippen molar-refractivity contribution in [2.24, 2.45) is 0 Å². The summed E-state index contributed by atoms with van der Waals surface area (Å²) in [6.07, 6.45) is 0. The molecule has 0 radical (unpaired) electrons. The van der Waals surface area contributed by atoms with E-state index in [1.54, 1.807) is 30.3 Å². The van der Waals surface area contributed by atoms with Crippen LogP contribution in [0.1, 0.15) is 10.6 Å². The smallest absolute Gasteiger partial charge is 0.348 e. The predicted molar refractivity (Wildman–Crippen MR) is 64.2 cm³/mol. The Morgan fingerprint density at radius 2 is 2.00 bits per heavy atom. The van der Waals surface area contributed by atoms with Gasteiger partial charge in [-0.05, 0) is 12.1 Å². The number of para-hydroxylation sites is 1. The van der Waals surface area contributed by atoms with Gasteiger partial charge in [0.15, 0.2) is 0 Å². The lowest BCUT2D eigenvalue weighted by Gasteiger charge is -1.98. The highest BCUT2D eigenvalue weighted by Gasteiger charge is 2.14. The first-order valence-corrected chi connectivity index (χ1v) is 5.32. The number of aliphatic carboxylic acids is 1. The molecular weight excluding hydrogens is 252 g/mol. The molecule has 2 rings (SSSR count). The standard InChI is InChI=1S/C11H10N4O4/c16-8(17)6-12-10(18)9-13-11(19)15(14-9)7-4-2-1-3-5-7/h1-5H,6H2,(H,12,18)(H,16,17)(H,13,14,19). The summed E-state index contributed by atoms with van der Waals surface area (Å²) in [6.45, 7) is -0.543. The minimum Gasteiger partial charge on any atom is -0.480 e. The van der Waals surface area contributed by atoms with Crippen LogP contribution < -0.4 is 11.0 Å². The molecule has 0 atom stereocenters. The number of H-pyrrole nitrogens is 1. The molecule has 0 aliphatic carbocycles. The van der Waals surface area contributed by atoms with Crippen LogP contribution in [-0.2, 0) is 4.79 Å². The maximum Gasteiger partial charge on any atom is 0.348 e. The molecule has 19 heavy (non-hydrogen) atoms. The van der Waals surface area contributed by atoms with E-state index in [2.05, 4.69) is 15.4 Å². The average molecular weight is 262 g/mol. The van der Waals surface area contributed by atoms with Gasteiger partial charge >= 0.3 is 11.7 Å². The van der Waals surface area contributed by atoms with E-state index < -0.39 is 24.1 Å². The molecule has 2 aromatic rings. The molecule has 0 aliphatic rings. The summed E-state index contributed by atoms with van der Waals surface area (Å²) in [7, 11) is 0. The first kappa shape index (κ1) is 12.6. The van der Waals surface area contributed by atoms with Gasteiger partial charge in [-0.1, -0.05) is 18.2 Å². The van der Waals surface area contributed by atoms with E-state index in [4.69, 9.17) is 5.11 Å². The van der Waals surface area contributed by atoms with Crippen LogP contribution in [-0.4, -0.2) is 38.3 Å². The SMILES string of the molecule is O=C(O)CNC(=O)c1nn(-c2ccccc2)c(=O)[nH]1. The third kappa shape index (κ3) is 2.86. The predicted octanol–water partition coefficient (Wildman–Crippen LogP) is -0.625. The number of carbonyl (C=O) groups is 2. The summed E-state index contributed by atoms with van der Waals surface area (Å²) in [5.41, 5.74) is -0.0762. The third-order valence-electron chi connectivity index (χ3n) is 2.23. The molecule has 1 amide bonds. The number of aromatic nitrogens is 3. The highest BCUT2D eigenvalue weighted by atomic mass is 16.4. The van der Waals surface area contributed by atoms with Crippen molar-refractivity contribution >= 4 is 11.9 Å². The molecule has 3 N–H and O–H groups in total. The number of hydrogen-bond acceptors (Lipinski definition) is 4. The van der Waals surface area contributed by atoms with Gasteiger partial charge in [0.2, 0.25) is 5.82 Å². The highest BCUT2D eigenvalue weighted by Crippen LogP contribution is 2.01. The van der Waals surface area contributed by atoms with E-state index in [-0.39, 0.29) is 5.82 Å². The lowest BCUT2D eigenvalue weighted by Crippen LogP contribution is -2.30. The minimum absolute atomic E-state index is 0.241. The molecule has 0 spiro atoms. The molecule has 1 aromatic carbocycles. The van der Waals surface area contributed by atoms with E-state index in [0.717, 1.165) is 4.68 Å². The second kappa shape index (κ2) is 5.17. The van der Waals surface area contributed by atoms with Gasteiger partial charge in [0.05, 0.1) is 5.69 Å². The van der Waals surface area contributed by atoms with Crippen LogP contribution in [0.25, 0.3) is 5.69 Å². The van der Waals surface area contributed by atoms with Crippen LogP contribution in [0, 0.1) is 0 Å². The van der Waals surface area contributed by atoms with Crippen LogP contribution in [0.4, 0.5) is 0 Å². The number of carbonyl (C=O) groups excluding carboxylic acids is 1. The summed E-state index contributed by atoms with van der Waals surface area (Å²) >= 11 is 0. The molecule has 0 saturated heterocycles. The van der Waals surface area contributed by atoms with Crippen LogP contribution in [0.5, 0.6) is 0 Å². The number of nitrogens with zero attached hydrogens (tertiary/aromatic N) is 2. The maximum atomic E-state index is 11.6. The van der Waals surface area contributed by atoms with Crippen molar-refractivity contribution in [3.63, 3.8) is 0 Å². The zero-order chi connectivity index (χ0) is 13.8. The fourth-order valence-corrected chi connectivity index (χ4v) is 1.41. The quantitative estimate of drug-likeness (QED) is 0.678. The van der Waals surface area contributed by atoms with Crippen molar-refractivity contribution < 1.29 is 14.7 Å². The topological polar surface area (TPSA) is 117 Å². The number of benzene rings is 1. The number of carboxylic acid groups (broad SMARTS) is 1. The van der Waals surface area contributed by atoms with Gasteiger partial charge < -0.3 is 10.4 Å². The van der Waals surface area contributed by atoms with E-state index in [1.807, 2.05) is 0 Å². The second-order valence-corrected chi connectivity index (χ2v) is 3.60. The average Bonchev–Trinajstić information content (AvgIpc) is 2.79. The minimum atomic E-state index is -1.18. The fraction of sp³-hybridized carbons (Fsp3) is 0.0909. The van der Waals surface area contributed by atoms with E-state index >= 15 is 0 Å². The fourth-order valence-electron chi connectivity index (χ4n) is 1.41. The van der Waals surface area contributed by atoms with Crippen molar-refractivity contribution in [2.45, 2.75) is 0 Å². The van der Waals surface area contributed by atoms with Gasteiger partial charge in [-0.3, -0.25) is 14.6 Å². The summed E-state index contributed by atoms with van der Waals surface area (Å²) in [4.78, 5) is 35.7. The normalized spacial score (nSPS) is 10.1. The summed E-state index contributed by atoms with van der Waals surface area (Å²) in [5.74, 6) is -2.18. The Morgan fingerprint density at radius 3 is 2.63 bits per heavy atom. The summed E-state index contributed by atoms with van der Waals surface area (Å²) in [6, 6.07) is 8.53. The van der Waals surface area contributed by atoms with Gasteiger partial charge in [-0.25, -0.2) is 4.79 Å². The molecule has 1 aromatic heterocycles. The molecule has 0 fully saturated rings. The maximum absolute atomic E-state index is 11.6. The van der Waals surface area contributed by atoms with Crippen molar-refractivity contribution in [2.75, 3.05) is 6.54 Å². The zero-order valence-corrected chi connectivity index (χ0v) is 9.66. The van der Waals surface area contributed by atoms with Crippen molar-refractivity contribution in [1.82, 2.24) is 20.1 Å². The van der Waals surface area contributed by atoms with Crippen LogP contribution in [0.15, 0.2) is 35.1 Å². The lowest BCUT2D eigenvalue weighted by molar-refractivity contribution is -0.135. The zero-order valence-electron chi connectivity index (χ0n) is 9.66. The number of aromatic amines is 1. The largest absolute Gasteiger partial charge is 0.480 e. The van der Waals surface area contributed by atoms with E-state index in [1.165, 1.54) is 0 Å². The Balaban J connectivity index is 2.24. The summed E-state index contributed by atoms with van der Waals surface area (Å²) in [5, 5.41) is 14.3. The van der Waals surface area contributed by atoms with E-state index in [0.29, 0.717) is 5.69 Å². The molecule has 8 nitrogen and oxygen atoms in total. The summed E-state index contributed by atoms with van der Waals surface area (Å²) < 4.78 is 1.02. The molecule has 1 heterocycles. The molecule has 8 heteroatoms. The van der Waals surface area contributed by atoms with Gasteiger partial charge in [0.1, 0.15) is 6.54 Å². The van der Waals surface area contributed by atoms with Crippen molar-refractivity contribution in [3.05, 3.63) is 46.6 Å². The second-order valence-electron chi connectivity index (χ2n) is 3.60. The molecule has 98 valence electrons. The number of amides is 1. The lowest BCUT2D eigenvalue weighted by atomic mass is 10.3. The first-order chi connectivity index (χ1) is 9.08. The Morgan fingerprint density at radius 1 is 1.32 bits per heavy atom. The number of carboxylic acids is 1. The van der Waals surface area contributed by atoms with Gasteiger partial charge in [0, 0.05) is 0 Å². The van der Waals surface area contributed by atoms with Gasteiger partial charge in [-0.2, -0.15) is 4.68 Å². The van der Waals surface area contributed by atoms with Crippen molar-refractivity contribution in [1.29, 1.82) is 0 Å². The van der Waals surface area contributed by atoms with Gasteiger partial charge in [-0.15, -0.1) is 5.10 Å². The molecular formula is C11H10N4O4. The number of rotatable bonds is 4. The third-order valence-corrected chi connectivity index (χ3v) is 2.23. The monoisotopic (exact) mass is 262 g/mol. The molecule has 0 unspecified atom stereocenters. The number of nitrogens with one attached hydrogen (secondary N) is 2. The first-order valence-electron chi connectivity index (χ1n) is 5.32. The highest BCUT2D eigenvalue weighted by molar-refractivity contribution is 5.92. The Labute approximate surface area is 106 Å². The molecule has 0 aliphatic heterocycles. The Bertz CT molecular complexity index is 659. The van der Waals surface area contributed by atoms with Crippen LogP contribution in [0.3, 0.4) is 0 Å². The Kier molecular flexibility index (Phi) is 3.42. The number of hydrogen-bond donors (Lipinski definition) is 3. The van der Waals surface area contributed by atoms with E-state index in [9.17, 15) is 14.4 Å². The van der Waals surface area contributed by atoms with Gasteiger partial charge in [0.25, 0.3) is 5.91 Å². The van der Waals surface area contributed by atoms with Crippen molar-refractivity contribution in [3.8, 4) is 5.69 Å². The molecule has 0 bridgehead atoms.